The number of aliphatic imine (C=N–C) groups is 1. The maximum absolute atomic E-state index is 13.0. The molecule has 1 aliphatic carbocycles. The van der Waals surface area contributed by atoms with Gasteiger partial charge in [0.1, 0.15) is 0 Å². The number of piperidine rings is 1. The predicted octanol–water partition coefficient (Wildman–Crippen LogP) is 4.35. The van der Waals surface area contributed by atoms with E-state index in [1.807, 2.05) is 31.1 Å². The lowest BCUT2D eigenvalue weighted by atomic mass is 9.75. The number of piperazine rings is 1. The van der Waals surface area contributed by atoms with E-state index >= 15 is 0 Å². The van der Waals surface area contributed by atoms with Crippen LogP contribution in [-0.4, -0.2) is 105 Å². The first-order valence-corrected chi connectivity index (χ1v) is 15.8. The van der Waals surface area contributed by atoms with E-state index < -0.39 is 0 Å². The van der Waals surface area contributed by atoms with E-state index in [9.17, 15) is 4.79 Å². The van der Waals surface area contributed by atoms with E-state index in [0.717, 1.165) is 82.6 Å². The second-order valence-corrected chi connectivity index (χ2v) is 12.5. The first kappa shape index (κ1) is 29.8. The molecule has 0 radical (unpaired) electrons. The van der Waals surface area contributed by atoms with Crippen LogP contribution < -0.4 is 4.90 Å². The third-order valence-electron chi connectivity index (χ3n) is 10.1. The van der Waals surface area contributed by atoms with E-state index in [-0.39, 0.29) is 11.5 Å². The molecule has 2 aromatic heterocycles. The van der Waals surface area contributed by atoms with Gasteiger partial charge in [0.25, 0.3) is 0 Å². The minimum absolute atomic E-state index is 0.165. The van der Waals surface area contributed by atoms with Gasteiger partial charge in [-0.1, -0.05) is 24.3 Å². The van der Waals surface area contributed by atoms with Gasteiger partial charge in [-0.15, -0.1) is 0 Å². The smallest absolute Gasteiger partial charge is 0.225 e. The largest absolute Gasteiger partial charge is 0.383 e. The van der Waals surface area contributed by atoms with Crippen LogP contribution in [0.5, 0.6) is 0 Å². The van der Waals surface area contributed by atoms with Crippen molar-refractivity contribution < 1.29 is 14.3 Å². The lowest BCUT2D eigenvalue weighted by Gasteiger charge is -2.43. The number of ether oxygens (including phenoxy) is 2. The Kier molecular flexibility index (Phi) is 8.84. The normalized spacial score (nSPS) is 23.5. The zero-order chi connectivity index (χ0) is 30.0. The molecule has 0 N–H and O–H groups in total. The zero-order valence-corrected chi connectivity index (χ0v) is 26.1. The summed E-state index contributed by atoms with van der Waals surface area (Å²) < 4.78 is 13.5. The van der Waals surface area contributed by atoms with E-state index in [0.29, 0.717) is 17.9 Å². The highest BCUT2D eigenvalue weighted by molar-refractivity contribution is 5.83. The number of benzene rings is 1. The second-order valence-electron chi connectivity index (χ2n) is 12.5. The van der Waals surface area contributed by atoms with Gasteiger partial charge >= 0.3 is 0 Å². The molecule has 1 aromatic carbocycles. The minimum Gasteiger partial charge on any atom is -0.383 e. The monoisotopic (exact) mass is 586 g/mol. The predicted molar refractivity (Wildman–Crippen MR) is 171 cm³/mol. The first-order chi connectivity index (χ1) is 20.9. The van der Waals surface area contributed by atoms with Crippen molar-refractivity contribution in [3.05, 3.63) is 54.4 Å². The second kappa shape index (κ2) is 12.8. The minimum atomic E-state index is -0.254. The lowest BCUT2D eigenvalue weighted by molar-refractivity contribution is -0.139. The van der Waals surface area contributed by atoms with Gasteiger partial charge in [-0.05, 0) is 61.8 Å². The Balaban J connectivity index is 1.12. The summed E-state index contributed by atoms with van der Waals surface area (Å²) in [6.45, 7) is 8.15. The Labute approximate surface area is 255 Å². The Bertz CT molecular complexity index is 1410. The molecule has 230 valence electrons. The molecule has 2 saturated heterocycles. The molecule has 3 aliphatic rings. The van der Waals surface area contributed by atoms with Crippen LogP contribution in [0.3, 0.4) is 0 Å². The van der Waals surface area contributed by atoms with E-state index in [1.54, 1.807) is 7.11 Å². The van der Waals surface area contributed by atoms with Crippen LogP contribution >= 0.6 is 0 Å². The van der Waals surface area contributed by atoms with Crippen molar-refractivity contribution in [1.82, 2.24) is 19.4 Å². The maximum atomic E-state index is 13.0. The molecule has 9 heteroatoms. The van der Waals surface area contributed by atoms with Crippen LogP contribution in [0, 0.1) is 11.8 Å². The van der Waals surface area contributed by atoms with Crippen LogP contribution in [0.1, 0.15) is 38.2 Å². The Morgan fingerprint density at radius 1 is 1.05 bits per heavy atom. The first-order valence-electron chi connectivity index (χ1n) is 15.8. The van der Waals surface area contributed by atoms with Gasteiger partial charge in [0.2, 0.25) is 5.91 Å². The Hall–Kier alpha value is -3.27. The number of anilines is 1. The molecule has 9 nitrogen and oxygen atoms in total. The molecular formula is C34H46N6O3. The number of likely N-dealkylation sites (tertiary alicyclic amines) is 1. The molecule has 0 unspecified atom stereocenters. The molecular weight excluding hydrogens is 540 g/mol. The van der Waals surface area contributed by atoms with Gasteiger partial charge < -0.3 is 24.3 Å². The average molecular weight is 587 g/mol. The SMILES string of the molecule is CN=CC1CC(C(=O)N2CCN(c3ccnn4cc(-c5ccc(C6(OC)CCN([C@H](C)COC)CC6)cc5)cc34)CC2)C1. The molecule has 1 atom stereocenters. The fourth-order valence-corrected chi connectivity index (χ4v) is 7.30. The number of amides is 1. The number of methoxy groups -OCH3 is 2. The van der Waals surface area contributed by atoms with Gasteiger partial charge in [0, 0.05) is 96.7 Å². The number of nitrogens with zero attached hydrogens (tertiary/aromatic N) is 6. The average Bonchev–Trinajstić information content (AvgIpc) is 3.47. The summed E-state index contributed by atoms with van der Waals surface area (Å²) in [5, 5.41) is 4.62. The molecule has 3 fully saturated rings. The lowest BCUT2D eigenvalue weighted by Crippen LogP contribution is -2.52. The molecule has 6 rings (SSSR count). The molecule has 3 aromatic rings. The molecule has 4 heterocycles. The fraction of sp³-hybridized carbons (Fsp3) is 0.559. The Morgan fingerprint density at radius 3 is 2.42 bits per heavy atom. The van der Waals surface area contributed by atoms with Crippen molar-refractivity contribution in [2.45, 2.75) is 44.2 Å². The fourth-order valence-electron chi connectivity index (χ4n) is 7.30. The number of hydrogen-bond donors (Lipinski definition) is 0. The highest BCUT2D eigenvalue weighted by atomic mass is 16.5. The third kappa shape index (κ3) is 5.95. The number of rotatable bonds is 9. The highest BCUT2D eigenvalue weighted by Crippen LogP contribution is 2.38. The maximum Gasteiger partial charge on any atom is 0.225 e. The van der Waals surface area contributed by atoms with E-state index in [2.05, 4.69) is 74.3 Å². The quantitative estimate of drug-likeness (QED) is 0.347. The van der Waals surface area contributed by atoms with Gasteiger partial charge in [0.05, 0.1) is 23.4 Å². The number of carbonyl (C=O) groups excluding carboxylic acids is 1. The molecule has 43 heavy (non-hydrogen) atoms. The zero-order valence-electron chi connectivity index (χ0n) is 26.1. The molecule has 0 bridgehead atoms. The van der Waals surface area contributed by atoms with Crippen molar-refractivity contribution in [1.29, 1.82) is 0 Å². The summed E-state index contributed by atoms with van der Waals surface area (Å²) in [5.74, 6) is 0.952. The summed E-state index contributed by atoms with van der Waals surface area (Å²) in [6.07, 6.45) is 9.79. The molecule has 1 amide bonds. The number of fused-ring (bicyclic) bond motifs is 1. The Morgan fingerprint density at radius 2 is 1.77 bits per heavy atom. The van der Waals surface area contributed by atoms with Crippen molar-refractivity contribution >= 4 is 23.3 Å². The van der Waals surface area contributed by atoms with Crippen LogP contribution in [0.2, 0.25) is 0 Å². The van der Waals surface area contributed by atoms with Crippen molar-refractivity contribution in [3.8, 4) is 11.1 Å². The summed E-state index contributed by atoms with van der Waals surface area (Å²) in [5.41, 5.74) is 5.55. The number of carbonyl (C=O) groups is 1. The third-order valence-corrected chi connectivity index (χ3v) is 10.1. The van der Waals surface area contributed by atoms with E-state index in [4.69, 9.17) is 9.47 Å². The number of aromatic nitrogens is 2. The molecule has 2 aliphatic heterocycles. The van der Waals surface area contributed by atoms with Gasteiger partial charge in [-0.2, -0.15) is 5.10 Å². The van der Waals surface area contributed by atoms with Crippen molar-refractivity contribution in [3.63, 3.8) is 0 Å². The summed E-state index contributed by atoms with van der Waals surface area (Å²) >= 11 is 0. The topological polar surface area (TPSA) is 74.9 Å². The summed E-state index contributed by atoms with van der Waals surface area (Å²) in [6, 6.07) is 13.7. The van der Waals surface area contributed by atoms with E-state index in [1.165, 1.54) is 16.8 Å². The van der Waals surface area contributed by atoms with Crippen LogP contribution in [-0.2, 0) is 19.9 Å². The van der Waals surface area contributed by atoms with Crippen LogP contribution in [0.4, 0.5) is 5.69 Å². The van der Waals surface area contributed by atoms with Gasteiger partial charge in [0.15, 0.2) is 0 Å². The number of hydrogen-bond acceptors (Lipinski definition) is 7. The molecule has 1 saturated carbocycles. The summed E-state index contributed by atoms with van der Waals surface area (Å²) in [4.78, 5) is 24.1. The standard InChI is InChI=1S/C34H46N6O3/c1-25(24-42-3)37-13-10-34(43-4,11-14-37)30-7-5-27(6-8-30)29-21-32-31(9-12-36-40(32)23-29)38-15-17-39(18-16-38)33(41)28-19-26(20-28)22-35-2/h5-9,12,21-23,25-26,28H,10-11,13-20,24H2,1-4H3/t25-,26?,28?/m1/s1. The highest BCUT2D eigenvalue weighted by Gasteiger charge is 2.38. The van der Waals surface area contributed by atoms with Crippen LogP contribution in [0.25, 0.3) is 16.6 Å². The summed E-state index contributed by atoms with van der Waals surface area (Å²) in [7, 11) is 5.42. The molecule has 0 spiro atoms. The van der Waals surface area contributed by atoms with Gasteiger partial charge in [-0.3, -0.25) is 9.69 Å². The van der Waals surface area contributed by atoms with Gasteiger partial charge in [-0.25, -0.2) is 4.52 Å². The van der Waals surface area contributed by atoms with Crippen molar-refractivity contribution in [2.75, 3.05) is 72.0 Å². The van der Waals surface area contributed by atoms with Crippen LogP contribution in [0.15, 0.2) is 53.8 Å². The van der Waals surface area contributed by atoms with Crippen molar-refractivity contribution in [2.24, 2.45) is 16.8 Å².